The summed E-state index contributed by atoms with van der Waals surface area (Å²) >= 11 is 0. The Morgan fingerprint density at radius 2 is 2.19 bits per heavy atom. The fourth-order valence-corrected chi connectivity index (χ4v) is 1.76. The lowest BCUT2D eigenvalue weighted by atomic mass is 9.93. The van der Waals surface area contributed by atoms with Crippen molar-refractivity contribution in [1.82, 2.24) is 14.7 Å². The molecule has 16 heavy (non-hydrogen) atoms. The van der Waals surface area contributed by atoms with Crippen LogP contribution in [0.4, 0.5) is 0 Å². The smallest absolute Gasteiger partial charge is 0.0534 e. The normalized spacial score (nSPS) is 12.4. The first-order valence-electron chi connectivity index (χ1n) is 5.87. The molecule has 2 N–H and O–H groups in total. The van der Waals surface area contributed by atoms with Crippen molar-refractivity contribution in [2.75, 3.05) is 19.6 Å². The molecule has 0 atom stereocenters. The number of rotatable bonds is 6. The van der Waals surface area contributed by atoms with E-state index in [2.05, 4.69) is 37.0 Å². The third-order valence-corrected chi connectivity index (χ3v) is 2.82. The maximum Gasteiger partial charge on any atom is 0.0534 e. The summed E-state index contributed by atoms with van der Waals surface area (Å²) < 4.78 is 1.84. The first kappa shape index (κ1) is 13.2. The van der Waals surface area contributed by atoms with Crippen LogP contribution in [0.2, 0.25) is 0 Å². The fourth-order valence-electron chi connectivity index (χ4n) is 1.76. The molecule has 0 aliphatic heterocycles. The number of nitrogens with zero attached hydrogens (tertiary/aromatic N) is 3. The Balaban J connectivity index is 2.55. The van der Waals surface area contributed by atoms with Crippen molar-refractivity contribution in [1.29, 1.82) is 0 Å². The highest BCUT2D eigenvalue weighted by molar-refractivity contribution is 5.03. The minimum atomic E-state index is 0.179. The molecule has 0 unspecified atom stereocenters. The van der Waals surface area contributed by atoms with Crippen LogP contribution in [-0.4, -0.2) is 34.3 Å². The highest BCUT2D eigenvalue weighted by Crippen LogP contribution is 2.16. The molecule has 0 spiro atoms. The van der Waals surface area contributed by atoms with Crippen LogP contribution in [0, 0.1) is 5.41 Å². The van der Waals surface area contributed by atoms with Crippen LogP contribution >= 0.6 is 0 Å². The number of aromatic nitrogens is 2. The lowest BCUT2D eigenvalue weighted by Gasteiger charge is -2.30. The Morgan fingerprint density at radius 3 is 2.62 bits per heavy atom. The van der Waals surface area contributed by atoms with Crippen molar-refractivity contribution in [3.8, 4) is 0 Å². The van der Waals surface area contributed by atoms with E-state index in [0.717, 1.165) is 26.2 Å². The SMILES string of the molecule is CCN(Cc1cnn(C)c1)CC(C)(C)CN. The first-order valence-corrected chi connectivity index (χ1v) is 5.87. The molecule has 0 saturated heterocycles. The Morgan fingerprint density at radius 1 is 1.50 bits per heavy atom. The molecule has 0 saturated carbocycles. The van der Waals surface area contributed by atoms with Gasteiger partial charge in [0, 0.05) is 31.9 Å². The van der Waals surface area contributed by atoms with Gasteiger partial charge in [-0.3, -0.25) is 9.58 Å². The van der Waals surface area contributed by atoms with E-state index in [1.165, 1.54) is 5.56 Å². The molecule has 1 aromatic heterocycles. The van der Waals surface area contributed by atoms with Crippen molar-refractivity contribution in [3.05, 3.63) is 18.0 Å². The van der Waals surface area contributed by atoms with Crippen LogP contribution in [0.15, 0.2) is 12.4 Å². The highest BCUT2D eigenvalue weighted by atomic mass is 15.2. The molecule has 0 aromatic carbocycles. The number of hydrogen-bond acceptors (Lipinski definition) is 3. The van der Waals surface area contributed by atoms with Crippen LogP contribution in [0.25, 0.3) is 0 Å². The van der Waals surface area contributed by atoms with Crippen LogP contribution in [0.3, 0.4) is 0 Å². The molecule has 0 radical (unpaired) electrons. The van der Waals surface area contributed by atoms with Gasteiger partial charge in [0.1, 0.15) is 0 Å². The summed E-state index contributed by atoms with van der Waals surface area (Å²) in [5, 5.41) is 4.19. The van der Waals surface area contributed by atoms with Gasteiger partial charge >= 0.3 is 0 Å². The summed E-state index contributed by atoms with van der Waals surface area (Å²) in [6.45, 7) is 10.3. The molecule has 4 nitrogen and oxygen atoms in total. The second kappa shape index (κ2) is 5.46. The van der Waals surface area contributed by atoms with Crippen LogP contribution in [0.5, 0.6) is 0 Å². The zero-order valence-electron chi connectivity index (χ0n) is 10.9. The van der Waals surface area contributed by atoms with Gasteiger partial charge in [0.05, 0.1) is 6.20 Å². The zero-order chi connectivity index (χ0) is 12.2. The van der Waals surface area contributed by atoms with Gasteiger partial charge in [0.2, 0.25) is 0 Å². The van der Waals surface area contributed by atoms with Gasteiger partial charge in [-0.2, -0.15) is 5.10 Å². The summed E-state index contributed by atoms with van der Waals surface area (Å²) in [5.41, 5.74) is 7.20. The lowest BCUT2D eigenvalue weighted by Crippen LogP contribution is -2.38. The average molecular weight is 224 g/mol. The van der Waals surface area contributed by atoms with Crippen molar-refractivity contribution in [2.45, 2.75) is 27.3 Å². The Kier molecular flexibility index (Phi) is 4.50. The zero-order valence-corrected chi connectivity index (χ0v) is 10.9. The maximum atomic E-state index is 5.76. The van der Waals surface area contributed by atoms with E-state index in [9.17, 15) is 0 Å². The minimum absolute atomic E-state index is 0.179. The Bertz CT molecular complexity index is 317. The number of nitrogens with two attached hydrogens (primary N) is 1. The molecule has 0 aliphatic rings. The second-order valence-corrected chi connectivity index (χ2v) is 5.19. The van der Waals surface area contributed by atoms with E-state index in [4.69, 9.17) is 5.73 Å². The molecule has 0 aliphatic carbocycles. The third kappa shape index (κ3) is 3.94. The topological polar surface area (TPSA) is 47.1 Å². The molecule has 0 bridgehead atoms. The monoisotopic (exact) mass is 224 g/mol. The summed E-state index contributed by atoms with van der Waals surface area (Å²) in [7, 11) is 1.95. The van der Waals surface area contributed by atoms with Crippen LogP contribution in [-0.2, 0) is 13.6 Å². The van der Waals surface area contributed by atoms with Crippen LogP contribution in [0.1, 0.15) is 26.3 Å². The summed E-state index contributed by atoms with van der Waals surface area (Å²) in [5.74, 6) is 0. The molecule has 1 heterocycles. The van der Waals surface area contributed by atoms with Crippen molar-refractivity contribution >= 4 is 0 Å². The van der Waals surface area contributed by atoms with E-state index < -0.39 is 0 Å². The van der Waals surface area contributed by atoms with Gasteiger partial charge in [-0.1, -0.05) is 20.8 Å². The van der Waals surface area contributed by atoms with E-state index in [0.29, 0.717) is 0 Å². The van der Waals surface area contributed by atoms with Crippen molar-refractivity contribution in [2.24, 2.45) is 18.2 Å². The largest absolute Gasteiger partial charge is 0.330 e. The Labute approximate surface area is 98.4 Å². The molecular formula is C12H24N4. The lowest BCUT2D eigenvalue weighted by molar-refractivity contribution is 0.183. The number of aryl methyl sites for hydroxylation is 1. The molecule has 4 heteroatoms. The summed E-state index contributed by atoms with van der Waals surface area (Å²) in [4.78, 5) is 2.41. The first-order chi connectivity index (χ1) is 7.46. The number of hydrogen-bond donors (Lipinski definition) is 1. The van der Waals surface area contributed by atoms with Gasteiger partial charge < -0.3 is 5.73 Å². The average Bonchev–Trinajstić information content (AvgIpc) is 2.63. The Hall–Kier alpha value is -0.870. The molecule has 1 aromatic rings. The predicted molar refractivity (Wildman–Crippen MR) is 67.0 cm³/mol. The molecule has 1 rings (SSSR count). The van der Waals surface area contributed by atoms with E-state index in [-0.39, 0.29) is 5.41 Å². The molecular weight excluding hydrogens is 200 g/mol. The third-order valence-electron chi connectivity index (χ3n) is 2.82. The van der Waals surface area contributed by atoms with Crippen molar-refractivity contribution < 1.29 is 0 Å². The highest BCUT2D eigenvalue weighted by Gasteiger charge is 2.19. The van der Waals surface area contributed by atoms with Gasteiger partial charge in [0.25, 0.3) is 0 Å². The van der Waals surface area contributed by atoms with Crippen molar-refractivity contribution in [3.63, 3.8) is 0 Å². The predicted octanol–water partition coefficient (Wildman–Crippen LogP) is 1.23. The van der Waals surface area contributed by atoms with Crippen LogP contribution < -0.4 is 5.73 Å². The summed E-state index contributed by atoms with van der Waals surface area (Å²) in [6, 6.07) is 0. The minimum Gasteiger partial charge on any atom is -0.330 e. The molecule has 0 amide bonds. The quantitative estimate of drug-likeness (QED) is 0.790. The van der Waals surface area contributed by atoms with E-state index in [1.807, 2.05) is 17.9 Å². The van der Waals surface area contributed by atoms with Gasteiger partial charge in [-0.15, -0.1) is 0 Å². The maximum absolute atomic E-state index is 5.76. The van der Waals surface area contributed by atoms with Gasteiger partial charge in [0.15, 0.2) is 0 Å². The van der Waals surface area contributed by atoms with E-state index >= 15 is 0 Å². The van der Waals surface area contributed by atoms with E-state index in [1.54, 1.807) is 0 Å². The molecule has 92 valence electrons. The fraction of sp³-hybridized carbons (Fsp3) is 0.750. The van der Waals surface area contributed by atoms with Gasteiger partial charge in [-0.25, -0.2) is 0 Å². The standard InChI is InChI=1S/C12H24N4/c1-5-16(10-12(2,3)9-13)8-11-6-14-15(4)7-11/h6-7H,5,8-10,13H2,1-4H3. The van der Waals surface area contributed by atoms with Gasteiger partial charge in [-0.05, 0) is 18.5 Å². The molecule has 0 fully saturated rings. The summed E-state index contributed by atoms with van der Waals surface area (Å²) in [6.07, 6.45) is 4.00. The second-order valence-electron chi connectivity index (χ2n) is 5.19.